The Hall–Kier alpha value is -0.0800. The summed E-state index contributed by atoms with van der Waals surface area (Å²) in [4.78, 5) is 0. The molecule has 0 spiro atoms. The lowest BCUT2D eigenvalue weighted by Gasteiger charge is -2.25. The van der Waals surface area contributed by atoms with Gasteiger partial charge in [0.05, 0.1) is 12.2 Å². The van der Waals surface area contributed by atoms with Crippen LogP contribution in [-0.4, -0.2) is 18.5 Å². The molecule has 66 valence electrons. The van der Waals surface area contributed by atoms with Gasteiger partial charge in [0.15, 0.2) is 6.29 Å². The molecule has 1 rings (SSSR count). The van der Waals surface area contributed by atoms with Crippen LogP contribution < -0.4 is 0 Å². The molecule has 2 atom stereocenters. The molecular formula is C9H18O2. The van der Waals surface area contributed by atoms with Gasteiger partial charge >= 0.3 is 0 Å². The first kappa shape index (κ1) is 9.01. The highest BCUT2D eigenvalue weighted by molar-refractivity contribution is 4.76. The van der Waals surface area contributed by atoms with E-state index in [1.54, 1.807) is 0 Å². The minimum atomic E-state index is -0.0347. The van der Waals surface area contributed by atoms with Gasteiger partial charge in [0.1, 0.15) is 0 Å². The Morgan fingerprint density at radius 1 is 0.909 bits per heavy atom. The summed E-state index contributed by atoms with van der Waals surface area (Å²) in [5.74, 6) is 0. The van der Waals surface area contributed by atoms with Crippen LogP contribution in [0, 0.1) is 5.41 Å². The van der Waals surface area contributed by atoms with Crippen LogP contribution in [0.2, 0.25) is 0 Å². The van der Waals surface area contributed by atoms with Crippen LogP contribution in [-0.2, 0) is 9.47 Å². The van der Waals surface area contributed by atoms with Crippen molar-refractivity contribution in [2.75, 3.05) is 0 Å². The lowest BCUT2D eigenvalue weighted by molar-refractivity contribution is -0.128. The van der Waals surface area contributed by atoms with Gasteiger partial charge in [-0.25, -0.2) is 0 Å². The standard InChI is InChI=1S/C9H18O2/c1-6-7(2)11-8(10-6)9(3,4)5/h6-8H,1-5H3/t6-,7-/m0/s1. The zero-order valence-corrected chi connectivity index (χ0v) is 8.05. The summed E-state index contributed by atoms with van der Waals surface area (Å²) in [5, 5.41) is 0. The quantitative estimate of drug-likeness (QED) is 0.538. The number of rotatable bonds is 0. The third-order valence-corrected chi connectivity index (χ3v) is 2.04. The van der Waals surface area contributed by atoms with E-state index in [0.29, 0.717) is 0 Å². The number of hydrogen-bond acceptors (Lipinski definition) is 2. The third-order valence-electron chi connectivity index (χ3n) is 2.04. The average molecular weight is 158 g/mol. The highest BCUT2D eigenvalue weighted by Crippen LogP contribution is 2.31. The van der Waals surface area contributed by atoms with Crippen molar-refractivity contribution in [1.82, 2.24) is 0 Å². The Labute approximate surface area is 68.9 Å². The highest BCUT2D eigenvalue weighted by atomic mass is 16.7. The first-order valence-electron chi connectivity index (χ1n) is 4.22. The lowest BCUT2D eigenvalue weighted by atomic mass is 9.96. The van der Waals surface area contributed by atoms with Gasteiger partial charge < -0.3 is 9.47 Å². The Morgan fingerprint density at radius 3 is 1.45 bits per heavy atom. The molecular weight excluding hydrogens is 140 g/mol. The summed E-state index contributed by atoms with van der Waals surface area (Å²) in [6.45, 7) is 10.5. The fourth-order valence-electron chi connectivity index (χ4n) is 1.05. The summed E-state index contributed by atoms with van der Waals surface area (Å²) >= 11 is 0. The average Bonchev–Trinajstić information content (AvgIpc) is 2.11. The molecule has 1 saturated heterocycles. The van der Waals surface area contributed by atoms with Crippen molar-refractivity contribution >= 4 is 0 Å². The van der Waals surface area contributed by atoms with Gasteiger partial charge in [-0.05, 0) is 13.8 Å². The maximum atomic E-state index is 5.62. The molecule has 0 radical (unpaired) electrons. The van der Waals surface area contributed by atoms with E-state index < -0.39 is 0 Å². The topological polar surface area (TPSA) is 18.5 Å². The molecule has 0 aromatic heterocycles. The molecule has 0 saturated carbocycles. The van der Waals surface area contributed by atoms with Gasteiger partial charge in [-0.15, -0.1) is 0 Å². The molecule has 2 nitrogen and oxygen atoms in total. The maximum absolute atomic E-state index is 5.62. The van der Waals surface area contributed by atoms with Crippen LogP contribution in [0.15, 0.2) is 0 Å². The Balaban J connectivity index is 2.54. The molecule has 0 unspecified atom stereocenters. The molecule has 0 N–H and O–H groups in total. The Kier molecular flexibility index (Phi) is 2.26. The number of hydrogen-bond donors (Lipinski definition) is 0. The summed E-state index contributed by atoms with van der Waals surface area (Å²) in [7, 11) is 0. The van der Waals surface area contributed by atoms with Gasteiger partial charge in [0.2, 0.25) is 0 Å². The van der Waals surface area contributed by atoms with Crippen molar-refractivity contribution in [3.63, 3.8) is 0 Å². The molecule has 0 amide bonds. The monoisotopic (exact) mass is 158 g/mol. The molecule has 0 bridgehead atoms. The van der Waals surface area contributed by atoms with Gasteiger partial charge in [0.25, 0.3) is 0 Å². The predicted molar refractivity (Wildman–Crippen MR) is 44.3 cm³/mol. The number of ether oxygens (including phenoxy) is 2. The van der Waals surface area contributed by atoms with E-state index in [9.17, 15) is 0 Å². The van der Waals surface area contributed by atoms with Crippen molar-refractivity contribution in [1.29, 1.82) is 0 Å². The molecule has 2 heteroatoms. The second kappa shape index (κ2) is 2.76. The second-order valence-corrected chi connectivity index (χ2v) is 4.38. The minimum absolute atomic E-state index is 0.0347. The molecule has 1 heterocycles. The summed E-state index contributed by atoms with van der Waals surface area (Å²) in [5.41, 5.74) is 0.0962. The van der Waals surface area contributed by atoms with Crippen LogP contribution >= 0.6 is 0 Å². The second-order valence-electron chi connectivity index (χ2n) is 4.38. The molecule has 11 heavy (non-hydrogen) atoms. The first-order valence-corrected chi connectivity index (χ1v) is 4.22. The minimum Gasteiger partial charge on any atom is -0.346 e. The fraction of sp³-hybridized carbons (Fsp3) is 1.00. The van der Waals surface area contributed by atoms with Gasteiger partial charge in [-0.2, -0.15) is 0 Å². The predicted octanol–water partition coefficient (Wildman–Crippen LogP) is 2.18. The zero-order chi connectivity index (χ0) is 8.65. The smallest absolute Gasteiger partial charge is 0.163 e. The van der Waals surface area contributed by atoms with Crippen LogP contribution in [0.5, 0.6) is 0 Å². The molecule has 0 aromatic rings. The van der Waals surface area contributed by atoms with Crippen molar-refractivity contribution in [3.8, 4) is 0 Å². The molecule has 1 aliphatic rings. The van der Waals surface area contributed by atoms with E-state index in [1.165, 1.54) is 0 Å². The van der Waals surface area contributed by atoms with E-state index in [2.05, 4.69) is 34.6 Å². The normalized spacial score (nSPS) is 34.6. The van der Waals surface area contributed by atoms with Crippen molar-refractivity contribution < 1.29 is 9.47 Å². The van der Waals surface area contributed by atoms with Crippen molar-refractivity contribution in [2.45, 2.75) is 53.1 Å². The summed E-state index contributed by atoms with van der Waals surface area (Å²) in [6, 6.07) is 0. The maximum Gasteiger partial charge on any atom is 0.163 e. The largest absolute Gasteiger partial charge is 0.346 e. The van der Waals surface area contributed by atoms with E-state index in [4.69, 9.17) is 9.47 Å². The fourth-order valence-corrected chi connectivity index (χ4v) is 1.05. The van der Waals surface area contributed by atoms with Crippen molar-refractivity contribution in [2.24, 2.45) is 5.41 Å². The van der Waals surface area contributed by atoms with E-state index in [1.807, 2.05) is 0 Å². The van der Waals surface area contributed by atoms with E-state index >= 15 is 0 Å². The van der Waals surface area contributed by atoms with Crippen LogP contribution in [0.25, 0.3) is 0 Å². The molecule has 0 aliphatic carbocycles. The van der Waals surface area contributed by atoms with E-state index in [0.717, 1.165) is 0 Å². The van der Waals surface area contributed by atoms with Gasteiger partial charge in [0, 0.05) is 5.41 Å². The van der Waals surface area contributed by atoms with Crippen LogP contribution in [0.3, 0.4) is 0 Å². The van der Waals surface area contributed by atoms with Crippen molar-refractivity contribution in [3.05, 3.63) is 0 Å². The van der Waals surface area contributed by atoms with E-state index in [-0.39, 0.29) is 23.9 Å². The van der Waals surface area contributed by atoms with Gasteiger partial charge in [-0.1, -0.05) is 20.8 Å². The summed E-state index contributed by atoms with van der Waals surface area (Å²) < 4.78 is 11.2. The van der Waals surface area contributed by atoms with Crippen LogP contribution in [0.1, 0.15) is 34.6 Å². The highest BCUT2D eigenvalue weighted by Gasteiger charge is 2.37. The zero-order valence-electron chi connectivity index (χ0n) is 8.05. The third kappa shape index (κ3) is 1.94. The Morgan fingerprint density at radius 2 is 1.27 bits per heavy atom. The van der Waals surface area contributed by atoms with Gasteiger partial charge in [-0.3, -0.25) is 0 Å². The summed E-state index contributed by atoms with van der Waals surface area (Å²) in [6.07, 6.45) is 0.436. The molecule has 1 aliphatic heterocycles. The SMILES string of the molecule is C[C@@H]1OC(C(C)(C)C)O[C@H]1C. The lowest BCUT2D eigenvalue weighted by Crippen LogP contribution is -2.27. The Bertz CT molecular complexity index is 127. The molecule has 1 fully saturated rings. The first-order chi connectivity index (χ1) is 4.91. The molecule has 0 aromatic carbocycles. The van der Waals surface area contributed by atoms with Crippen LogP contribution in [0.4, 0.5) is 0 Å².